The number of hydrogen-bond donors (Lipinski definition) is 1. The fourth-order valence-electron chi connectivity index (χ4n) is 2.51. The van der Waals surface area contributed by atoms with Crippen LogP contribution >= 0.6 is 23.2 Å². The Labute approximate surface area is 155 Å². The summed E-state index contributed by atoms with van der Waals surface area (Å²) in [7, 11) is 0. The van der Waals surface area contributed by atoms with Crippen LogP contribution < -0.4 is 5.32 Å². The molecule has 0 radical (unpaired) electrons. The lowest BCUT2D eigenvalue weighted by Crippen LogP contribution is -2.18. The van der Waals surface area contributed by atoms with Gasteiger partial charge in [0.15, 0.2) is 0 Å². The number of halogens is 2. The topological polar surface area (TPSA) is 12.0 Å². The van der Waals surface area contributed by atoms with Crippen LogP contribution in [0.5, 0.6) is 0 Å². The van der Waals surface area contributed by atoms with E-state index in [-0.39, 0.29) is 0 Å². The van der Waals surface area contributed by atoms with Crippen molar-refractivity contribution >= 4 is 28.8 Å². The summed E-state index contributed by atoms with van der Waals surface area (Å²) in [5.41, 5.74) is 5.69. The first-order valence-corrected chi connectivity index (χ1v) is 8.78. The second-order valence-electron chi connectivity index (χ2n) is 5.97. The van der Waals surface area contributed by atoms with Crippen molar-refractivity contribution in [3.8, 4) is 0 Å². The van der Waals surface area contributed by atoms with E-state index in [2.05, 4.69) is 38.1 Å². The lowest BCUT2D eigenvalue weighted by Gasteiger charge is -2.20. The van der Waals surface area contributed by atoms with Crippen molar-refractivity contribution in [2.45, 2.75) is 26.8 Å². The van der Waals surface area contributed by atoms with Gasteiger partial charge in [0.25, 0.3) is 0 Å². The normalized spacial score (nSPS) is 16.8. The molecule has 0 aromatic heterocycles. The Hall–Kier alpha value is -1.70. The molecule has 0 saturated heterocycles. The molecule has 0 fully saturated rings. The lowest BCUT2D eigenvalue weighted by molar-refractivity contribution is 0.760. The molecular formula is C21H23Cl2N. The van der Waals surface area contributed by atoms with Crippen LogP contribution in [0.3, 0.4) is 0 Å². The van der Waals surface area contributed by atoms with Crippen LogP contribution in [-0.4, -0.2) is 0 Å². The third-order valence-corrected chi connectivity index (χ3v) is 5.29. The van der Waals surface area contributed by atoms with Gasteiger partial charge >= 0.3 is 0 Å². The zero-order valence-electron chi connectivity index (χ0n) is 14.3. The Morgan fingerprint density at radius 2 is 1.92 bits per heavy atom. The third kappa shape index (κ3) is 3.85. The van der Waals surface area contributed by atoms with Gasteiger partial charge in [-0.1, -0.05) is 81.1 Å². The molecule has 0 aliphatic heterocycles. The fraction of sp³-hybridized carbons (Fsp3) is 0.238. The van der Waals surface area contributed by atoms with Crippen molar-refractivity contribution < 1.29 is 0 Å². The predicted molar refractivity (Wildman–Crippen MR) is 107 cm³/mol. The fourth-order valence-corrected chi connectivity index (χ4v) is 3.04. The van der Waals surface area contributed by atoms with E-state index in [1.165, 1.54) is 0 Å². The van der Waals surface area contributed by atoms with Gasteiger partial charge in [-0.2, -0.15) is 0 Å². The maximum absolute atomic E-state index is 6.47. The zero-order valence-corrected chi connectivity index (χ0v) is 15.8. The lowest BCUT2D eigenvalue weighted by atomic mass is 9.94. The van der Waals surface area contributed by atoms with Crippen LogP contribution in [-0.2, 0) is 6.54 Å². The first kappa shape index (κ1) is 18.6. The molecule has 1 aliphatic rings. The minimum absolute atomic E-state index is 0.335. The van der Waals surface area contributed by atoms with Gasteiger partial charge in [-0.05, 0) is 34.8 Å². The van der Waals surface area contributed by atoms with Crippen molar-refractivity contribution in [2.75, 3.05) is 0 Å². The number of benzene rings is 1. The number of nitrogens with one attached hydrogen (secondary N) is 1. The van der Waals surface area contributed by atoms with Crippen molar-refractivity contribution in [1.82, 2.24) is 5.32 Å². The largest absolute Gasteiger partial charge is 0.381 e. The Morgan fingerprint density at radius 3 is 2.58 bits per heavy atom. The highest BCUT2D eigenvalue weighted by Gasteiger charge is 2.15. The van der Waals surface area contributed by atoms with Crippen molar-refractivity contribution in [2.24, 2.45) is 5.92 Å². The predicted octanol–water partition coefficient (Wildman–Crippen LogP) is 6.71. The maximum Gasteiger partial charge on any atom is 0.0674 e. The summed E-state index contributed by atoms with van der Waals surface area (Å²) >= 11 is 12.9. The second kappa shape index (κ2) is 7.92. The highest BCUT2D eigenvalue weighted by atomic mass is 35.5. The molecule has 0 spiro atoms. The van der Waals surface area contributed by atoms with Gasteiger partial charge in [-0.3, -0.25) is 0 Å². The molecule has 2 rings (SSSR count). The SMILES string of the molecule is C=C(CC)C(=C)c1ccc(CNC2=CC=CC(C)C2=C)c(Cl)c1Cl. The van der Waals surface area contributed by atoms with Gasteiger partial charge < -0.3 is 5.32 Å². The Bertz CT molecular complexity index is 753. The van der Waals surface area contributed by atoms with Crippen LogP contribution in [0, 0.1) is 5.92 Å². The first-order chi connectivity index (χ1) is 11.4. The second-order valence-corrected chi connectivity index (χ2v) is 6.72. The molecule has 126 valence electrons. The number of hydrogen-bond acceptors (Lipinski definition) is 1. The van der Waals surface area contributed by atoms with Crippen molar-refractivity contribution in [1.29, 1.82) is 0 Å². The molecule has 1 N–H and O–H groups in total. The quantitative estimate of drug-likeness (QED) is 0.556. The molecule has 1 atom stereocenters. The molecule has 1 aromatic rings. The van der Waals surface area contributed by atoms with Crippen LogP contribution in [0.1, 0.15) is 31.4 Å². The van der Waals surface area contributed by atoms with Crippen LogP contribution in [0.25, 0.3) is 5.57 Å². The highest BCUT2D eigenvalue weighted by molar-refractivity contribution is 6.43. The van der Waals surface area contributed by atoms with Gasteiger partial charge in [0.05, 0.1) is 10.0 Å². The van der Waals surface area contributed by atoms with Gasteiger partial charge in [-0.15, -0.1) is 0 Å². The van der Waals surface area contributed by atoms with E-state index < -0.39 is 0 Å². The van der Waals surface area contributed by atoms with E-state index in [0.29, 0.717) is 22.5 Å². The van der Waals surface area contributed by atoms with Crippen LogP contribution in [0.2, 0.25) is 10.0 Å². The number of allylic oxidation sites excluding steroid dienone is 6. The molecular weight excluding hydrogens is 337 g/mol. The van der Waals surface area contributed by atoms with E-state index in [4.69, 9.17) is 23.2 Å². The number of rotatable bonds is 6. The summed E-state index contributed by atoms with van der Waals surface area (Å²) in [5.74, 6) is 0.335. The van der Waals surface area contributed by atoms with Gasteiger partial charge in [0.2, 0.25) is 0 Å². The van der Waals surface area contributed by atoms with E-state index in [1.807, 2.05) is 31.2 Å². The summed E-state index contributed by atoms with van der Waals surface area (Å²) in [6.07, 6.45) is 7.02. The van der Waals surface area contributed by atoms with E-state index in [9.17, 15) is 0 Å². The molecule has 3 heteroatoms. The van der Waals surface area contributed by atoms with Crippen molar-refractivity contribution in [3.63, 3.8) is 0 Å². The smallest absolute Gasteiger partial charge is 0.0674 e. The Balaban J connectivity index is 2.18. The molecule has 1 aromatic carbocycles. The Kier molecular flexibility index (Phi) is 6.15. The van der Waals surface area contributed by atoms with Crippen LogP contribution in [0.15, 0.2) is 66.9 Å². The summed E-state index contributed by atoms with van der Waals surface area (Å²) in [5, 5.41) is 4.48. The monoisotopic (exact) mass is 359 g/mol. The molecule has 0 amide bonds. The zero-order chi connectivity index (χ0) is 17.9. The average Bonchev–Trinajstić information content (AvgIpc) is 2.58. The van der Waals surface area contributed by atoms with Gasteiger partial charge in [0.1, 0.15) is 0 Å². The molecule has 24 heavy (non-hydrogen) atoms. The third-order valence-electron chi connectivity index (χ3n) is 4.37. The summed E-state index contributed by atoms with van der Waals surface area (Å²) < 4.78 is 0. The molecule has 0 bridgehead atoms. The first-order valence-electron chi connectivity index (χ1n) is 8.02. The van der Waals surface area contributed by atoms with E-state index >= 15 is 0 Å². The van der Waals surface area contributed by atoms with Crippen LogP contribution in [0.4, 0.5) is 0 Å². The Morgan fingerprint density at radius 1 is 1.21 bits per heavy atom. The minimum atomic E-state index is 0.335. The molecule has 1 unspecified atom stereocenters. The highest BCUT2D eigenvalue weighted by Crippen LogP contribution is 2.36. The molecule has 0 saturated carbocycles. The van der Waals surface area contributed by atoms with E-state index in [1.54, 1.807) is 0 Å². The molecule has 1 nitrogen and oxygen atoms in total. The molecule has 0 heterocycles. The average molecular weight is 360 g/mol. The van der Waals surface area contributed by atoms with E-state index in [0.717, 1.165) is 40.0 Å². The summed E-state index contributed by atoms with van der Waals surface area (Å²) in [6.45, 7) is 17.0. The van der Waals surface area contributed by atoms with Crippen molar-refractivity contribution in [3.05, 3.63) is 88.1 Å². The van der Waals surface area contributed by atoms with Gasteiger partial charge in [-0.25, -0.2) is 0 Å². The van der Waals surface area contributed by atoms with Gasteiger partial charge in [0, 0.05) is 23.7 Å². The summed E-state index contributed by atoms with van der Waals surface area (Å²) in [6, 6.07) is 3.94. The molecule has 1 aliphatic carbocycles. The standard InChI is InChI=1S/C21H23Cl2N/c1-6-13(2)15(4)18-11-10-17(20(22)21(18)23)12-24-19-9-7-8-14(3)16(19)5/h7-11,14,24H,2,4-6,12H2,1,3H3. The summed E-state index contributed by atoms with van der Waals surface area (Å²) in [4.78, 5) is 0. The maximum atomic E-state index is 6.47. The minimum Gasteiger partial charge on any atom is -0.381 e.